The fourth-order valence-corrected chi connectivity index (χ4v) is 2.49. The topological polar surface area (TPSA) is 38.3 Å². The summed E-state index contributed by atoms with van der Waals surface area (Å²) in [7, 11) is 1.62. The molecule has 0 aliphatic carbocycles. The van der Waals surface area contributed by atoms with Gasteiger partial charge in [-0.15, -0.1) is 0 Å². The zero-order valence-electron chi connectivity index (χ0n) is 13.7. The molecule has 0 heterocycles. The van der Waals surface area contributed by atoms with Crippen molar-refractivity contribution in [3.8, 4) is 5.75 Å². The molecule has 2 aromatic rings. The van der Waals surface area contributed by atoms with E-state index >= 15 is 0 Å². The van der Waals surface area contributed by atoms with Crippen molar-refractivity contribution in [2.24, 2.45) is 0 Å². The summed E-state index contributed by atoms with van der Waals surface area (Å²) < 4.78 is 18.2. The van der Waals surface area contributed by atoms with E-state index in [2.05, 4.69) is 5.32 Å². The Labute approximate surface area is 136 Å². The van der Waals surface area contributed by atoms with Crippen LogP contribution in [0.25, 0.3) is 0 Å². The monoisotopic (exact) mass is 315 g/mol. The highest BCUT2D eigenvalue weighted by Crippen LogP contribution is 2.26. The summed E-state index contributed by atoms with van der Waals surface area (Å²) in [6, 6.07) is 12.0. The van der Waals surface area contributed by atoms with Crippen molar-refractivity contribution in [1.29, 1.82) is 0 Å². The zero-order chi connectivity index (χ0) is 16.8. The van der Waals surface area contributed by atoms with Crippen LogP contribution < -0.4 is 10.1 Å². The van der Waals surface area contributed by atoms with E-state index in [0.717, 1.165) is 22.4 Å². The second kappa shape index (κ2) is 7.77. The highest BCUT2D eigenvalue weighted by atomic mass is 19.1. The highest BCUT2D eigenvalue weighted by molar-refractivity contribution is 5.76. The second-order valence-electron chi connectivity index (χ2n) is 5.66. The van der Waals surface area contributed by atoms with Crippen LogP contribution in [0.4, 0.5) is 4.39 Å². The maximum absolute atomic E-state index is 12.9. The molecule has 1 N–H and O–H groups in total. The molecule has 1 atom stereocenters. The van der Waals surface area contributed by atoms with Crippen LogP contribution in [-0.4, -0.2) is 13.0 Å². The average Bonchev–Trinajstić information content (AvgIpc) is 2.54. The quantitative estimate of drug-likeness (QED) is 0.876. The molecule has 0 saturated heterocycles. The summed E-state index contributed by atoms with van der Waals surface area (Å²) >= 11 is 0. The van der Waals surface area contributed by atoms with E-state index in [9.17, 15) is 9.18 Å². The standard InChI is InChI=1S/C19H22FNO2/c1-13-4-10-18(23-3)17(12-13)14(2)21-19(22)11-7-15-5-8-16(20)9-6-15/h4-6,8-10,12,14H,7,11H2,1-3H3,(H,21,22). The molecular formula is C19H22FNO2. The molecule has 2 aromatic carbocycles. The molecular weight excluding hydrogens is 293 g/mol. The van der Waals surface area contributed by atoms with Gasteiger partial charge in [0.05, 0.1) is 13.2 Å². The average molecular weight is 315 g/mol. The molecule has 3 nitrogen and oxygen atoms in total. The third kappa shape index (κ3) is 4.81. The van der Waals surface area contributed by atoms with Crippen molar-refractivity contribution < 1.29 is 13.9 Å². The van der Waals surface area contributed by atoms with Gasteiger partial charge in [0.2, 0.25) is 5.91 Å². The fraction of sp³-hybridized carbons (Fsp3) is 0.316. The molecule has 0 fully saturated rings. The normalized spacial score (nSPS) is 11.8. The van der Waals surface area contributed by atoms with E-state index in [1.807, 2.05) is 32.0 Å². The van der Waals surface area contributed by atoms with Gasteiger partial charge in [0.1, 0.15) is 11.6 Å². The van der Waals surface area contributed by atoms with Crippen LogP contribution in [0.15, 0.2) is 42.5 Å². The molecule has 23 heavy (non-hydrogen) atoms. The Morgan fingerprint density at radius 1 is 1.22 bits per heavy atom. The first kappa shape index (κ1) is 17.0. The van der Waals surface area contributed by atoms with Gasteiger partial charge in [0.25, 0.3) is 0 Å². The molecule has 0 aromatic heterocycles. The number of methoxy groups -OCH3 is 1. The highest BCUT2D eigenvalue weighted by Gasteiger charge is 2.14. The van der Waals surface area contributed by atoms with Crippen molar-refractivity contribution in [2.75, 3.05) is 7.11 Å². The molecule has 0 aliphatic heterocycles. The summed E-state index contributed by atoms with van der Waals surface area (Å²) in [5.74, 6) is 0.464. The third-order valence-corrected chi connectivity index (χ3v) is 3.78. The smallest absolute Gasteiger partial charge is 0.220 e. The molecule has 1 amide bonds. The van der Waals surface area contributed by atoms with Gasteiger partial charge in [-0.2, -0.15) is 0 Å². The van der Waals surface area contributed by atoms with Crippen molar-refractivity contribution >= 4 is 5.91 Å². The van der Waals surface area contributed by atoms with E-state index in [1.54, 1.807) is 19.2 Å². The van der Waals surface area contributed by atoms with Gasteiger partial charge in [-0.25, -0.2) is 4.39 Å². The lowest BCUT2D eigenvalue weighted by molar-refractivity contribution is -0.121. The number of carbonyl (C=O) groups is 1. The molecule has 0 spiro atoms. The van der Waals surface area contributed by atoms with Gasteiger partial charge >= 0.3 is 0 Å². The molecule has 2 rings (SSSR count). The van der Waals surface area contributed by atoms with E-state index in [4.69, 9.17) is 4.74 Å². The number of rotatable bonds is 6. The Morgan fingerprint density at radius 3 is 2.57 bits per heavy atom. The minimum absolute atomic E-state index is 0.0367. The maximum Gasteiger partial charge on any atom is 0.220 e. The predicted molar refractivity (Wildman–Crippen MR) is 89.0 cm³/mol. The minimum Gasteiger partial charge on any atom is -0.496 e. The molecule has 122 valence electrons. The van der Waals surface area contributed by atoms with Gasteiger partial charge < -0.3 is 10.1 Å². The van der Waals surface area contributed by atoms with E-state index in [0.29, 0.717) is 12.8 Å². The Bertz CT molecular complexity index is 668. The molecule has 0 saturated carbocycles. The van der Waals surface area contributed by atoms with Gasteiger partial charge in [0, 0.05) is 12.0 Å². The number of carbonyl (C=O) groups excluding carboxylic acids is 1. The van der Waals surface area contributed by atoms with Crippen LogP contribution in [0.5, 0.6) is 5.75 Å². The minimum atomic E-state index is -0.265. The number of aryl methyl sites for hydroxylation is 2. The second-order valence-corrected chi connectivity index (χ2v) is 5.66. The Balaban J connectivity index is 1.94. The van der Waals surface area contributed by atoms with Crippen molar-refractivity contribution in [3.63, 3.8) is 0 Å². The lowest BCUT2D eigenvalue weighted by Crippen LogP contribution is -2.27. The SMILES string of the molecule is COc1ccc(C)cc1C(C)NC(=O)CCc1ccc(F)cc1. The lowest BCUT2D eigenvalue weighted by atomic mass is 10.0. The number of halogens is 1. The Hall–Kier alpha value is -2.36. The summed E-state index contributed by atoms with van der Waals surface area (Å²) in [6.45, 7) is 3.94. The number of ether oxygens (including phenoxy) is 1. The maximum atomic E-state index is 12.9. The molecule has 4 heteroatoms. The van der Waals surface area contributed by atoms with Crippen LogP contribution in [0.2, 0.25) is 0 Å². The number of amides is 1. The van der Waals surface area contributed by atoms with Crippen LogP contribution in [0.1, 0.15) is 36.1 Å². The number of nitrogens with one attached hydrogen (secondary N) is 1. The number of hydrogen-bond donors (Lipinski definition) is 1. The van der Waals surface area contributed by atoms with Crippen molar-refractivity contribution in [1.82, 2.24) is 5.32 Å². The molecule has 0 aliphatic rings. The number of hydrogen-bond acceptors (Lipinski definition) is 2. The van der Waals surface area contributed by atoms with Crippen LogP contribution in [-0.2, 0) is 11.2 Å². The molecule has 1 unspecified atom stereocenters. The van der Waals surface area contributed by atoms with E-state index < -0.39 is 0 Å². The van der Waals surface area contributed by atoms with Gasteiger partial charge in [-0.3, -0.25) is 4.79 Å². The van der Waals surface area contributed by atoms with Gasteiger partial charge in [-0.1, -0.05) is 29.8 Å². The zero-order valence-corrected chi connectivity index (χ0v) is 13.7. The van der Waals surface area contributed by atoms with E-state index in [1.165, 1.54) is 12.1 Å². The van der Waals surface area contributed by atoms with Crippen LogP contribution in [0.3, 0.4) is 0 Å². The first-order chi connectivity index (χ1) is 11.0. The van der Waals surface area contributed by atoms with Crippen LogP contribution >= 0.6 is 0 Å². The van der Waals surface area contributed by atoms with Crippen molar-refractivity contribution in [2.45, 2.75) is 32.7 Å². The van der Waals surface area contributed by atoms with Crippen LogP contribution in [0, 0.1) is 12.7 Å². The number of benzene rings is 2. The van der Waals surface area contributed by atoms with E-state index in [-0.39, 0.29) is 17.8 Å². The Kier molecular flexibility index (Phi) is 5.74. The van der Waals surface area contributed by atoms with Crippen molar-refractivity contribution in [3.05, 3.63) is 65.0 Å². The largest absolute Gasteiger partial charge is 0.496 e. The lowest BCUT2D eigenvalue weighted by Gasteiger charge is -2.18. The first-order valence-corrected chi connectivity index (χ1v) is 7.68. The Morgan fingerprint density at radius 2 is 1.91 bits per heavy atom. The summed E-state index contributed by atoms with van der Waals surface area (Å²) in [5, 5.41) is 2.99. The summed E-state index contributed by atoms with van der Waals surface area (Å²) in [4.78, 5) is 12.1. The summed E-state index contributed by atoms with van der Waals surface area (Å²) in [5.41, 5.74) is 3.03. The van der Waals surface area contributed by atoms with Gasteiger partial charge in [-0.05, 0) is 44.0 Å². The molecule has 0 bridgehead atoms. The third-order valence-electron chi connectivity index (χ3n) is 3.78. The summed E-state index contributed by atoms with van der Waals surface area (Å²) in [6.07, 6.45) is 0.952. The molecule has 0 radical (unpaired) electrons. The first-order valence-electron chi connectivity index (χ1n) is 7.68. The fourth-order valence-electron chi connectivity index (χ4n) is 2.49. The predicted octanol–water partition coefficient (Wildman–Crippen LogP) is 3.95. The van der Waals surface area contributed by atoms with Gasteiger partial charge in [0.15, 0.2) is 0 Å².